The van der Waals surface area contributed by atoms with Gasteiger partial charge in [-0.1, -0.05) is 17.7 Å². The van der Waals surface area contributed by atoms with Gasteiger partial charge < -0.3 is 15.5 Å². The highest BCUT2D eigenvalue weighted by Gasteiger charge is 2.07. The first-order valence-corrected chi connectivity index (χ1v) is 7.56. The molecule has 2 aromatic rings. The fourth-order valence-corrected chi connectivity index (χ4v) is 2.11. The third kappa shape index (κ3) is 4.82. The van der Waals surface area contributed by atoms with Gasteiger partial charge in [0.25, 0.3) is 0 Å². The Balaban J connectivity index is 1.97. The summed E-state index contributed by atoms with van der Waals surface area (Å²) < 4.78 is 0. The quantitative estimate of drug-likeness (QED) is 0.901. The number of aromatic nitrogens is 2. The van der Waals surface area contributed by atoms with Crippen LogP contribution in [0, 0.1) is 13.8 Å². The molecule has 0 saturated carbocycles. The standard InChI is InChI=1S/C16H20ClN5O/c1-10-5-6-12(8-13(10)17)20-16(23)18-9-14-19-11(2)7-15(21-14)22(3)4/h5-8H,9H2,1-4H3,(H2,18,20,23). The molecule has 1 aromatic heterocycles. The predicted octanol–water partition coefficient (Wildman–Crippen LogP) is 3.13. The lowest BCUT2D eigenvalue weighted by atomic mass is 10.2. The molecule has 2 rings (SSSR count). The molecule has 0 unspecified atom stereocenters. The first kappa shape index (κ1) is 17.0. The van der Waals surface area contributed by atoms with E-state index in [9.17, 15) is 4.79 Å². The van der Waals surface area contributed by atoms with E-state index in [2.05, 4.69) is 20.6 Å². The van der Waals surface area contributed by atoms with Crippen molar-refractivity contribution in [2.24, 2.45) is 0 Å². The highest BCUT2D eigenvalue weighted by atomic mass is 35.5. The minimum atomic E-state index is -0.332. The van der Waals surface area contributed by atoms with Crippen molar-refractivity contribution in [2.75, 3.05) is 24.3 Å². The van der Waals surface area contributed by atoms with E-state index in [0.717, 1.165) is 17.1 Å². The predicted molar refractivity (Wildman–Crippen MR) is 93.1 cm³/mol. The maximum atomic E-state index is 12.0. The number of nitrogens with one attached hydrogen (secondary N) is 2. The molecular formula is C16H20ClN5O. The number of halogens is 1. The van der Waals surface area contributed by atoms with Gasteiger partial charge in [0.1, 0.15) is 11.6 Å². The molecule has 1 heterocycles. The van der Waals surface area contributed by atoms with E-state index < -0.39 is 0 Å². The molecular weight excluding hydrogens is 314 g/mol. The van der Waals surface area contributed by atoms with Gasteiger partial charge in [-0.3, -0.25) is 0 Å². The van der Waals surface area contributed by atoms with Crippen molar-refractivity contribution < 1.29 is 4.79 Å². The highest BCUT2D eigenvalue weighted by molar-refractivity contribution is 6.31. The second-order valence-electron chi connectivity index (χ2n) is 5.45. The minimum Gasteiger partial charge on any atom is -0.363 e. The zero-order valence-electron chi connectivity index (χ0n) is 13.6. The number of anilines is 2. The number of nitrogens with zero attached hydrogens (tertiary/aromatic N) is 3. The number of hydrogen-bond acceptors (Lipinski definition) is 4. The third-order valence-corrected chi connectivity index (χ3v) is 3.59. The monoisotopic (exact) mass is 333 g/mol. The molecule has 0 aliphatic heterocycles. The molecule has 0 fully saturated rings. The van der Waals surface area contributed by atoms with E-state index in [1.54, 1.807) is 12.1 Å². The largest absolute Gasteiger partial charge is 0.363 e. The normalized spacial score (nSPS) is 10.3. The van der Waals surface area contributed by atoms with Crippen molar-refractivity contribution in [3.05, 3.63) is 46.4 Å². The first-order chi connectivity index (χ1) is 10.8. The second-order valence-corrected chi connectivity index (χ2v) is 5.86. The van der Waals surface area contributed by atoms with Crippen molar-refractivity contribution >= 4 is 29.1 Å². The Bertz CT molecular complexity index is 718. The molecule has 0 spiro atoms. The maximum Gasteiger partial charge on any atom is 0.319 e. The molecule has 2 amide bonds. The molecule has 7 heteroatoms. The number of rotatable bonds is 4. The number of hydrogen-bond donors (Lipinski definition) is 2. The zero-order chi connectivity index (χ0) is 17.0. The van der Waals surface area contributed by atoms with Crippen molar-refractivity contribution in [3.63, 3.8) is 0 Å². The van der Waals surface area contributed by atoms with Crippen molar-refractivity contribution in [1.29, 1.82) is 0 Å². The first-order valence-electron chi connectivity index (χ1n) is 7.18. The van der Waals surface area contributed by atoms with Crippen molar-refractivity contribution in [1.82, 2.24) is 15.3 Å². The summed E-state index contributed by atoms with van der Waals surface area (Å²) in [6.45, 7) is 4.05. The third-order valence-electron chi connectivity index (χ3n) is 3.18. The molecule has 0 aliphatic carbocycles. The van der Waals surface area contributed by atoms with Crippen LogP contribution in [0.4, 0.5) is 16.3 Å². The number of carbonyl (C=O) groups excluding carboxylic acids is 1. The fourth-order valence-electron chi connectivity index (χ4n) is 1.93. The number of amides is 2. The van der Waals surface area contributed by atoms with Crippen LogP contribution in [0.25, 0.3) is 0 Å². The summed E-state index contributed by atoms with van der Waals surface area (Å²) in [6.07, 6.45) is 0. The number of benzene rings is 1. The molecule has 2 N–H and O–H groups in total. The van der Waals surface area contributed by atoms with E-state index in [1.807, 2.05) is 45.0 Å². The van der Waals surface area contributed by atoms with E-state index in [1.165, 1.54) is 0 Å². The summed E-state index contributed by atoms with van der Waals surface area (Å²) in [5.41, 5.74) is 2.45. The smallest absolute Gasteiger partial charge is 0.319 e. The van der Waals surface area contributed by atoms with Crippen LogP contribution in [-0.2, 0) is 6.54 Å². The van der Waals surface area contributed by atoms with Gasteiger partial charge in [0.2, 0.25) is 0 Å². The molecule has 122 valence electrons. The van der Waals surface area contributed by atoms with Gasteiger partial charge in [0.05, 0.1) is 6.54 Å². The maximum absolute atomic E-state index is 12.0. The highest BCUT2D eigenvalue weighted by Crippen LogP contribution is 2.19. The van der Waals surface area contributed by atoms with Gasteiger partial charge in [-0.25, -0.2) is 14.8 Å². The molecule has 6 nitrogen and oxygen atoms in total. The van der Waals surface area contributed by atoms with Crippen LogP contribution in [0.15, 0.2) is 24.3 Å². The molecule has 0 saturated heterocycles. The SMILES string of the molecule is Cc1cc(N(C)C)nc(CNC(=O)Nc2ccc(C)c(Cl)c2)n1. The van der Waals surface area contributed by atoms with Crippen LogP contribution in [0.5, 0.6) is 0 Å². The van der Waals surface area contributed by atoms with Crippen molar-refractivity contribution in [3.8, 4) is 0 Å². The van der Waals surface area contributed by atoms with E-state index in [0.29, 0.717) is 16.5 Å². The van der Waals surface area contributed by atoms with Gasteiger partial charge in [0.15, 0.2) is 0 Å². The summed E-state index contributed by atoms with van der Waals surface area (Å²) in [4.78, 5) is 22.6. The lowest BCUT2D eigenvalue weighted by Gasteiger charge is -2.13. The number of aryl methyl sites for hydroxylation is 2. The van der Waals surface area contributed by atoms with Gasteiger partial charge in [0, 0.05) is 36.6 Å². The average Bonchev–Trinajstić information content (AvgIpc) is 2.48. The van der Waals surface area contributed by atoms with Crippen LogP contribution in [0.3, 0.4) is 0 Å². The summed E-state index contributed by atoms with van der Waals surface area (Å²) in [6, 6.07) is 6.92. The Morgan fingerprint density at radius 3 is 2.61 bits per heavy atom. The van der Waals surface area contributed by atoms with Crippen LogP contribution >= 0.6 is 11.6 Å². The Hall–Kier alpha value is -2.34. The van der Waals surface area contributed by atoms with Gasteiger partial charge >= 0.3 is 6.03 Å². The van der Waals surface area contributed by atoms with Gasteiger partial charge in [-0.15, -0.1) is 0 Å². The molecule has 23 heavy (non-hydrogen) atoms. The lowest BCUT2D eigenvalue weighted by Crippen LogP contribution is -2.29. The van der Waals surface area contributed by atoms with Crippen LogP contribution in [0.2, 0.25) is 5.02 Å². The molecule has 0 bridgehead atoms. The number of urea groups is 1. The Labute approximate surface area is 140 Å². The molecule has 0 radical (unpaired) electrons. The van der Waals surface area contributed by atoms with E-state index >= 15 is 0 Å². The van der Waals surface area contributed by atoms with Crippen molar-refractivity contribution in [2.45, 2.75) is 20.4 Å². The van der Waals surface area contributed by atoms with E-state index in [4.69, 9.17) is 11.6 Å². The topological polar surface area (TPSA) is 70.2 Å². The Morgan fingerprint density at radius 2 is 1.96 bits per heavy atom. The average molecular weight is 334 g/mol. The summed E-state index contributed by atoms with van der Waals surface area (Å²) >= 11 is 6.04. The lowest BCUT2D eigenvalue weighted by molar-refractivity contribution is 0.251. The van der Waals surface area contributed by atoms with Crippen LogP contribution in [-0.4, -0.2) is 30.1 Å². The van der Waals surface area contributed by atoms with Gasteiger partial charge in [-0.2, -0.15) is 0 Å². The Morgan fingerprint density at radius 1 is 1.22 bits per heavy atom. The fraction of sp³-hybridized carbons (Fsp3) is 0.312. The molecule has 1 aromatic carbocycles. The van der Waals surface area contributed by atoms with Gasteiger partial charge in [-0.05, 0) is 31.5 Å². The van der Waals surface area contributed by atoms with Crippen LogP contribution in [0.1, 0.15) is 17.1 Å². The number of carbonyl (C=O) groups is 1. The zero-order valence-corrected chi connectivity index (χ0v) is 14.4. The minimum absolute atomic E-state index is 0.244. The van der Waals surface area contributed by atoms with Crippen LogP contribution < -0.4 is 15.5 Å². The molecule has 0 atom stereocenters. The molecule has 0 aliphatic rings. The Kier molecular flexibility index (Phi) is 5.39. The summed E-state index contributed by atoms with van der Waals surface area (Å²) in [5.74, 6) is 1.37. The second kappa shape index (κ2) is 7.28. The summed E-state index contributed by atoms with van der Waals surface area (Å²) in [7, 11) is 3.82. The van der Waals surface area contributed by atoms with E-state index in [-0.39, 0.29) is 12.6 Å². The summed E-state index contributed by atoms with van der Waals surface area (Å²) in [5, 5.41) is 6.08.